The number of carbonyl (C=O) groups excluding carboxylic acids is 2. The number of rotatable bonds is 6. The number of nitrogens with zero attached hydrogens (tertiary/aromatic N) is 1. The molecule has 0 radical (unpaired) electrons. The lowest BCUT2D eigenvalue weighted by Crippen LogP contribution is -2.47. The number of fused-ring (bicyclic) bond motifs is 1. The van der Waals surface area contributed by atoms with Crippen LogP contribution in [-0.4, -0.2) is 45.2 Å². The molecule has 0 spiro atoms. The van der Waals surface area contributed by atoms with Gasteiger partial charge in [-0.15, -0.1) is 0 Å². The van der Waals surface area contributed by atoms with Gasteiger partial charge in [-0.2, -0.15) is 0 Å². The van der Waals surface area contributed by atoms with Crippen molar-refractivity contribution in [1.82, 2.24) is 5.32 Å². The standard InChI is InChI=1S/C16H23N3O4/c1-5-10(2)18-15(20)9-19-12-7-14(23-4)13(22-3)6-11(12)17-8-16(19)21/h6-7,10,17H,5,8-9H2,1-4H3,(H,18,20). The van der Waals surface area contributed by atoms with E-state index >= 15 is 0 Å². The predicted octanol–water partition coefficient (Wildman–Crippen LogP) is 1.38. The van der Waals surface area contributed by atoms with Crippen LogP contribution in [0.1, 0.15) is 20.3 Å². The van der Waals surface area contributed by atoms with Crippen molar-refractivity contribution in [2.75, 3.05) is 37.5 Å². The Morgan fingerprint density at radius 2 is 2.00 bits per heavy atom. The molecule has 0 aliphatic carbocycles. The van der Waals surface area contributed by atoms with Crippen LogP contribution < -0.4 is 25.0 Å². The summed E-state index contributed by atoms with van der Waals surface area (Å²) in [6.07, 6.45) is 0.836. The zero-order valence-corrected chi connectivity index (χ0v) is 13.9. The van der Waals surface area contributed by atoms with Crippen molar-refractivity contribution in [3.05, 3.63) is 12.1 Å². The summed E-state index contributed by atoms with van der Waals surface area (Å²) in [7, 11) is 3.08. The lowest BCUT2D eigenvalue weighted by molar-refractivity contribution is -0.123. The first kappa shape index (κ1) is 16.9. The maximum atomic E-state index is 12.2. The van der Waals surface area contributed by atoms with Gasteiger partial charge < -0.3 is 20.1 Å². The molecule has 0 aromatic heterocycles. The van der Waals surface area contributed by atoms with Crippen LogP contribution in [0.2, 0.25) is 0 Å². The predicted molar refractivity (Wildman–Crippen MR) is 88.3 cm³/mol. The van der Waals surface area contributed by atoms with Gasteiger partial charge in [-0.1, -0.05) is 6.92 Å². The Morgan fingerprint density at radius 1 is 1.35 bits per heavy atom. The quantitative estimate of drug-likeness (QED) is 0.827. The van der Waals surface area contributed by atoms with E-state index in [2.05, 4.69) is 10.6 Å². The van der Waals surface area contributed by atoms with E-state index in [-0.39, 0.29) is 30.9 Å². The van der Waals surface area contributed by atoms with E-state index in [0.717, 1.165) is 12.1 Å². The summed E-state index contributed by atoms with van der Waals surface area (Å²) in [5.41, 5.74) is 1.34. The molecule has 1 atom stereocenters. The van der Waals surface area contributed by atoms with E-state index in [1.54, 1.807) is 19.2 Å². The van der Waals surface area contributed by atoms with Crippen LogP contribution in [0.25, 0.3) is 0 Å². The number of benzene rings is 1. The molecule has 1 heterocycles. The van der Waals surface area contributed by atoms with Crippen LogP contribution >= 0.6 is 0 Å². The number of amides is 2. The highest BCUT2D eigenvalue weighted by atomic mass is 16.5. The Labute approximate surface area is 135 Å². The first-order valence-electron chi connectivity index (χ1n) is 7.59. The van der Waals surface area contributed by atoms with Crippen LogP contribution in [0.15, 0.2) is 12.1 Å². The van der Waals surface area contributed by atoms with Gasteiger partial charge in [0.1, 0.15) is 6.54 Å². The first-order valence-corrected chi connectivity index (χ1v) is 7.59. The molecule has 0 saturated heterocycles. The van der Waals surface area contributed by atoms with Gasteiger partial charge in [0, 0.05) is 18.2 Å². The summed E-state index contributed by atoms with van der Waals surface area (Å²) in [5.74, 6) is 0.728. The average Bonchev–Trinajstić information content (AvgIpc) is 2.56. The van der Waals surface area contributed by atoms with Crippen molar-refractivity contribution in [3.63, 3.8) is 0 Å². The molecule has 23 heavy (non-hydrogen) atoms. The maximum absolute atomic E-state index is 12.2. The Morgan fingerprint density at radius 3 is 2.61 bits per heavy atom. The smallest absolute Gasteiger partial charge is 0.246 e. The fourth-order valence-electron chi connectivity index (χ4n) is 2.37. The van der Waals surface area contributed by atoms with Crippen molar-refractivity contribution >= 4 is 23.2 Å². The average molecular weight is 321 g/mol. The van der Waals surface area contributed by atoms with Crippen LogP contribution in [-0.2, 0) is 9.59 Å². The monoisotopic (exact) mass is 321 g/mol. The molecular weight excluding hydrogens is 298 g/mol. The molecule has 0 saturated carbocycles. The molecule has 1 aromatic carbocycles. The van der Waals surface area contributed by atoms with E-state index in [4.69, 9.17) is 9.47 Å². The van der Waals surface area contributed by atoms with Crippen LogP contribution in [0, 0.1) is 0 Å². The Bertz CT molecular complexity index is 603. The number of anilines is 2. The van der Waals surface area contributed by atoms with E-state index in [9.17, 15) is 9.59 Å². The minimum absolute atomic E-state index is 0.0205. The molecule has 1 aromatic rings. The summed E-state index contributed by atoms with van der Waals surface area (Å²) < 4.78 is 10.5. The second-order valence-electron chi connectivity index (χ2n) is 5.43. The van der Waals surface area contributed by atoms with Gasteiger partial charge >= 0.3 is 0 Å². The van der Waals surface area contributed by atoms with Gasteiger partial charge in [0.2, 0.25) is 11.8 Å². The molecule has 2 N–H and O–H groups in total. The van der Waals surface area contributed by atoms with Gasteiger partial charge in [0.15, 0.2) is 11.5 Å². The third-order valence-electron chi connectivity index (χ3n) is 3.85. The van der Waals surface area contributed by atoms with E-state index in [1.807, 2.05) is 13.8 Å². The topological polar surface area (TPSA) is 79.9 Å². The van der Waals surface area contributed by atoms with Crippen LogP contribution in [0.5, 0.6) is 11.5 Å². The zero-order chi connectivity index (χ0) is 17.0. The molecular formula is C16H23N3O4. The van der Waals surface area contributed by atoms with Crippen molar-refractivity contribution in [2.24, 2.45) is 0 Å². The van der Waals surface area contributed by atoms with Gasteiger partial charge in [0.25, 0.3) is 0 Å². The zero-order valence-electron chi connectivity index (χ0n) is 13.9. The Kier molecular flexibility index (Phi) is 5.31. The van der Waals surface area contributed by atoms with E-state index in [0.29, 0.717) is 17.2 Å². The summed E-state index contributed by atoms with van der Waals surface area (Å²) in [6, 6.07) is 3.54. The molecule has 1 aliphatic rings. The fraction of sp³-hybridized carbons (Fsp3) is 0.500. The summed E-state index contributed by atoms with van der Waals surface area (Å²) in [5, 5.41) is 5.91. The highest BCUT2D eigenvalue weighted by Gasteiger charge is 2.28. The SMILES string of the molecule is CCC(C)NC(=O)CN1C(=O)CNc2cc(OC)c(OC)cc21. The van der Waals surface area contributed by atoms with Gasteiger partial charge in [-0.25, -0.2) is 0 Å². The molecule has 2 amide bonds. The second-order valence-corrected chi connectivity index (χ2v) is 5.43. The van der Waals surface area contributed by atoms with E-state index in [1.165, 1.54) is 12.0 Å². The highest BCUT2D eigenvalue weighted by Crippen LogP contribution is 2.39. The third kappa shape index (κ3) is 3.67. The summed E-state index contributed by atoms with van der Waals surface area (Å²) in [6.45, 7) is 4.04. The van der Waals surface area contributed by atoms with Crippen molar-refractivity contribution in [2.45, 2.75) is 26.3 Å². The summed E-state index contributed by atoms with van der Waals surface area (Å²) in [4.78, 5) is 25.8. The van der Waals surface area contributed by atoms with Crippen molar-refractivity contribution < 1.29 is 19.1 Å². The molecule has 1 aliphatic heterocycles. The fourth-order valence-corrected chi connectivity index (χ4v) is 2.37. The molecule has 7 nitrogen and oxygen atoms in total. The van der Waals surface area contributed by atoms with Gasteiger partial charge in [0.05, 0.1) is 32.1 Å². The minimum atomic E-state index is -0.185. The first-order chi connectivity index (χ1) is 11.0. The third-order valence-corrected chi connectivity index (χ3v) is 3.85. The van der Waals surface area contributed by atoms with Crippen molar-refractivity contribution in [3.8, 4) is 11.5 Å². The number of hydrogen-bond donors (Lipinski definition) is 2. The molecule has 7 heteroatoms. The normalized spacial score (nSPS) is 14.6. The lowest BCUT2D eigenvalue weighted by Gasteiger charge is -2.30. The number of ether oxygens (including phenoxy) is 2. The number of carbonyl (C=O) groups is 2. The van der Waals surface area contributed by atoms with Gasteiger partial charge in [-0.3, -0.25) is 14.5 Å². The molecule has 0 fully saturated rings. The summed E-state index contributed by atoms with van der Waals surface area (Å²) >= 11 is 0. The highest BCUT2D eigenvalue weighted by molar-refractivity contribution is 6.06. The van der Waals surface area contributed by atoms with Crippen molar-refractivity contribution in [1.29, 1.82) is 0 Å². The van der Waals surface area contributed by atoms with Crippen LogP contribution in [0.4, 0.5) is 11.4 Å². The Hall–Kier alpha value is -2.44. The molecule has 1 unspecified atom stereocenters. The maximum Gasteiger partial charge on any atom is 0.246 e. The molecule has 126 valence electrons. The number of hydrogen-bond acceptors (Lipinski definition) is 5. The second kappa shape index (κ2) is 7.21. The Balaban J connectivity index is 2.28. The largest absolute Gasteiger partial charge is 0.493 e. The number of nitrogens with one attached hydrogen (secondary N) is 2. The minimum Gasteiger partial charge on any atom is -0.493 e. The molecule has 0 bridgehead atoms. The van der Waals surface area contributed by atoms with E-state index < -0.39 is 0 Å². The molecule has 2 rings (SSSR count). The van der Waals surface area contributed by atoms with Crippen LogP contribution in [0.3, 0.4) is 0 Å². The number of methoxy groups -OCH3 is 2. The van der Waals surface area contributed by atoms with Gasteiger partial charge in [-0.05, 0) is 13.3 Å². The lowest BCUT2D eigenvalue weighted by atomic mass is 10.1.